The number of esters is 2. The molecule has 0 aliphatic carbocycles. The molecule has 0 aromatic heterocycles. The summed E-state index contributed by atoms with van der Waals surface area (Å²) < 4.78 is 23.4. The molecule has 0 amide bonds. The van der Waals surface area contributed by atoms with Gasteiger partial charge in [-0.3, -0.25) is 9.59 Å². The number of cyclic esters (lactones) is 1. The zero-order chi connectivity index (χ0) is 40.5. The number of methoxy groups -OCH3 is 1. The summed E-state index contributed by atoms with van der Waals surface area (Å²) in [5, 5.41) is 37.4. The van der Waals surface area contributed by atoms with Crippen LogP contribution in [0.1, 0.15) is 79.7 Å². The van der Waals surface area contributed by atoms with Crippen molar-refractivity contribution < 1.29 is 43.9 Å². The van der Waals surface area contributed by atoms with Gasteiger partial charge in [-0.2, -0.15) is 0 Å². The first-order valence-corrected chi connectivity index (χ1v) is 19.9. The molecule has 4 N–H and O–H groups in total. The van der Waals surface area contributed by atoms with Crippen molar-refractivity contribution in [2.75, 3.05) is 45.2 Å². The van der Waals surface area contributed by atoms with Crippen LogP contribution in [0.3, 0.4) is 0 Å². The van der Waals surface area contributed by atoms with Gasteiger partial charge in [-0.05, 0) is 76.4 Å². The number of piperazine rings is 1. The number of aliphatic hydroxyl groups is 3. The highest BCUT2D eigenvalue weighted by atomic mass is 16.6. The maximum absolute atomic E-state index is 13.0. The zero-order valence-electron chi connectivity index (χ0n) is 34.4. The highest BCUT2D eigenvalue weighted by molar-refractivity contribution is 5.70. The van der Waals surface area contributed by atoms with E-state index in [1.807, 2.05) is 13.8 Å². The summed E-state index contributed by atoms with van der Waals surface area (Å²) in [6.45, 7) is 17.1. The van der Waals surface area contributed by atoms with Crippen molar-refractivity contribution in [1.29, 1.82) is 0 Å². The fraction of sp³-hybridized carbons (Fsp3) is 0.674. The molecule has 1 aromatic rings. The monoisotopic (exact) mass is 769 g/mol. The van der Waals surface area contributed by atoms with Crippen LogP contribution in [0.4, 0.5) is 5.69 Å². The minimum atomic E-state index is -1.46. The lowest BCUT2D eigenvalue weighted by molar-refractivity contribution is -0.157. The Morgan fingerprint density at radius 3 is 2.44 bits per heavy atom. The molecule has 11 atom stereocenters. The number of nitrogens with one attached hydrogen (secondary N) is 1. The number of benzene rings is 1. The van der Waals surface area contributed by atoms with Gasteiger partial charge in [-0.25, -0.2) is 0 Å². The summed E-state index contributed by atoms with van der Waals surface area (Å²) >= 11 is 0. The van der Waals surface area contributed by atoms with E-state index in [1.54, 1.807) is 51.3 Å². The second-order valence-electron chi connectivity index (χ2n) is 16.4. The standard InChI is InChI=1S/C43H67N3O9/c1-10-35(52-9)30(4)39-40(55-39)41(44-27-32-14-16-33(17-15-32)46-24-22-45(8)23-25-46)43(7,51)20-11-12-28(2)38-29(3)13-18-36(53-31(5)47)42(6,50)21-19-34(48)26-37(49)54-38/h11-18,20,29-30,34-36,38-41,44,48,50-51H,10,19,21-27H2,1-9H3/b18-13+,20-11+,28-12+/t29-,30+,34+,35-,36-,38-,39+,40-,41?,42+,43?/m0/s1. The van der Waals surface area contributed by atoms with Crippen LogP contribution in [0.15, 0.2) is 60.2 Å². The van der Waals surface area contributed by atoms with Gasteiger partial charge in [0, 0.05) is 64.3 Å². The molecule has 4 rings (SSSR count). The number of carbonyl (C=O) groups excluding carboxylic acids is 2. The molecule has 3 aliphatic rings. The second kappa shape index (κ2) is 19.9. The third-order valence-corrected chi connectivity index (χ3v) is 11.5. The number of hydrogen-bond acceptors (Lipinski definition) is 12. The number of ether oxygens (including phenoxy) is 4. The van der Waals surface area contributed by atoms with Crippen LogP contribution in [-0.2, 0) is 35.1 Å². The minimum Gasteiger partial charge on any atom is -0.457 e. The van der Waals surface area contributed by atoms with Crippen molar-refractivity contribution in [2.45, 2.75) is 135 Å². The second-order valence-corrected chi connectivity index (χ2v) is 16.4. The Labute approximate surface area is 328 Å². The first-order valence-electron chi connectivity index (χ1n) is 19.9. The van der Waals surface area contributed by atoms with Crippen LogP contribution in [0.2, 0.25) is 0 Å². The molecule has 3 heterocycles. The van der Waals surface area contributed by atoms with Crippen molar-refractivity contribution in [3.8, 4) is 0 Å². The number of epoxide rings is 1. The molecule has 12 heteroatoms. The molecule has 55 heavy (non-hydrogen) atoms. The van der Waals surface area contributed by atoms with E-state index in [0.717, 1.165) is 38.2 Å². The molecule has 12 nitrogen and oxygen atoms in total. The van der Waals surface area contributed by atoms with Crippen LogP contribution < -0.4 is 10.2 Å². The lowest BCUT2D eigenvalue weighted by Gasteiger charge is -2.34. The van der Waals surface area contributed by atoms with Gasteiger partial charge in [-0.15, -0.1) is 0 Å². The third-order valence-electron chi connectivity index (χ3n) is 11.5. The summed E-state index contributed by atoms with van der Waals surface area (Å²) in [6, 6.07) is 8.14. The number of likely N-dealkylation sites (N-methyl/N-ethyl adjacent to an activating group) is 1. The molecule has 0 spiro atoms. The Bertz CT molecular complexity index is 1480. The van der Waals surface area contributed by atoms with Crippen molar-refractivity contribution >= 4 is 17.6 Å². The van der Waals surface area contributed by atoms with Gasteiger partial charge in [0.1, 0.15) is 23.9 Å². The van der Waals surface area contributed by atoms with Crippen LogP contribution in [-0.4, -0.2) is 126 Å². The Balaban J connectivity index is 1.54. The van der Waals surface area contributed by atoms with Gasteiger partial charge in [0.15, 0.2) is 0 Å². The molecule has 0 bridgehead atoms. The van der Waals surface area contributed by atoms with E-state index in [1.165, 1.54) is 12.6 Å². The minimum absolute atomic E-state index is 0.0325. The number of aliphatic hydroxyl groups excluding tert-OH is 1. The molecule has 0 saturated carbocycles. The summed E-state index contributed by atoms with van der Waals surface area (Å²) in [4.78, 5) is 29.6. The highest BCUT2D eigenvalue weighted by Gasteiger charge is 2.54. The Morgan fingerprint density at radius 2 is 1.82 bits per heavy atom. The van der Waals surface area contributed by atoms with Gasteiger partial charge in [0.05, 0.1) is 36.4 Å². The quantitative estimate of drug-likeness (QED) is 0.0924. The van der Waals surface area contributed by atoms with Crippen molar-refractivity contribution in [1.82, 2.24) is 10.2 Å². The summed E-state index contributed by atoms with van der Waals surface area (Å²) in [5.74, 6) is -1.36. The number of allylic oxidation sites excluding steroid dienone is 2. The largest absolute Gasteiger partial charge is 0.457 e. The Morgan fingerprint density at radius 1 is 1.15 bits per heavy atom. The van der Waals surface area contributed by atoms with E-state index < -0.39 is 47.5 Å². The fourth-order valence-electron chi connectivity index (χ4n) is 7.79. The molecular formula is C43H67N3O9. The Hall–Kier alpha value is -3.10. The number of nitrogens with zero attached hydrogens (tertiary/aromatic N) is 2. The van der Waals surface area contributed by atoms with Crippen LogP contribution in [0, 0.1) is 11.8 Å². The van der Waals surface area contributed by atoms with Gasteiger partial charge in [-0.1, -0.05) is 57.2 Å². The maximum atomic E-state index is 13.0. The molecule has 2 saturated heterocycles. The topological polar surface area (TPSA) is 154 Å². The van der Waals surface area contributed by atoms with Gasteiger partial charge in [0.25, 0.3) is 0 Å². The number of carbonyl (C=O) groups is 2. The molecular weight excluding hydrogens is 702 g/mol. The van der Waals surface area contributed by atoms with Gasteiger partial charge < -0.3 is 49.4 Å². The van der Waals surface area contributed by atoms with Crippen molar-refractivity contribution in [2.24, 2.45) is 11.8 Å². The maximum Gasteiger partial charge on any atom is 0.309 e. The van der Waals surface area contributed by atoms with E-state index >= 15 is 0 Å². The first kappa shape index (κ1) is 44.6. The predicted octanol–water partition coefficient (Wildman–Crippen LogP) is 4.31. The van der Waals surface area contributed by atoms with Crippen LogP contribution >= 0.6 is 0 Å². The number of anilines is 1. The Kier molecular flexibility index (Phi) is 16.1. The van der Waals surface area contributed by atoms with E-state index in [4.69, 9.17) is 18.9 Å². The average Bonchev–Trinajstić information content (AvgIpc) is 3.92. The SMILES string of the molecule is CC[C@H](OC)[C@@H](C)[C@H]1O[C@@H]1C(NCc1ccc(N2CCN(C)CC2)cc1)C(C)(O)/C=C/C=C(\C)[C@@H]1OC(=O)C[C@H](O)CC[C@@](C)(O)[C@@H](OC(C)=O)/C=C/[C@@H]1C. The van der Waals surface area contributed by atoms with E-state index in [-0.39, 0.29) is 49.4 Å². The van der Waals surface area contributed by atoms with E-state index in [2.05, 4.69) is 60.3 Å². The molecule has 308 valence electrons. The predicted molar refractivity (Wildman–Crippen MR) is 213 cm³/mol. The van der Waals surface area contributed by atoms with E-state index in [0.29, 0.717) is 12.1 Å². The molecule has 0 radical (unpaired) electrons. The smallest absolute Gasteiger partial charge is 0.309 e. The fourth-order valence-corrected chi connectivity index (χ4v) is 7.79. The number of rotatable bonds is 14. The van der Waals surface area contributed by atoms with Gasteiger partial charge in [0.2, 0.25) is 0 Å². The normalized spacial score (nSPS) is 32.0. The molecule has 2 unspecified atom stereocenters. The average molecular weight is 770 g/mol. The first-order chi connectivity index (χ1) is 25.9. The van der Waals surface area contributed by atoms with E-state index in [9.17, 15) is 24.9 Å². The lowest BCUT2D eigenvalue weighted by atomic mass is 9.87. The molecule has 2 fully saturated rings. The molecule has 3 aliphatic heterocycles. The van der Waals surface area contributed by atoms with Crippen molar-refractivity contribution in [3.63, 3.8) is 0 Å². The van der Waals surface area contributed by atoms with Gasteiger partial charge >= 0.3 is 11.9 Å². The summed E-state index contributed by atoms with van der Waals surface area (Å²) in [6.07, 6.45) is 6.49. The summed E-state index contributed by atoms with van der Waals surface area (Å²) in [7, 11) is 3.87. The third kappa shape index (κ3) is 12.7. The zero-order valence-corrected chi connectivity index (χ0v) is 34.4. The van der Waals surface area contributed by atoms with Crippen LogP contribution in [0.25, 0.3) is 0 Å². The van der Waals surface area contributed by atoms with Crippen molar-refractivity contribution in [3.05, 3.63) is 65.8 Å². The lowest BCUT2D eigenvalue weighted by Crippen LogP contribution is -2.52. The summed E-state index contributed by atoms with van der Waals surface area (Å²) in [5.41, 5.74) is 0.208. The molecule has 1 aromatic carbocycles. The number of hydrogen-bond donors (Lipinski definition) is 4. The highest BCUT2D eigenvalue weighted by Crippen LogP contribution is 2.39. The van der Waals surface area contributed by atoms with Crippen LogP contribution in [0.5, 0.6) is 0 Å².